The highest BCUT2D eigenvalue weighted by molar-refractivity contribution is 5.94. The number of rotatable bonds is 6. The number of hydrogen-bond acceptors (Lipinski definition) is 17. The van der Waals surface area contributed by atoms with Gasteiger partial charge in [-0.3, -0.25) is 38.5 Å². The van der Waals surface area contributed by atoms with Gasteiger partial charge < -0.3 is 37.9 Å². The molecule has 5 rings (SSSR count). The van der Waals surface area contributed by atoms with Gasteiger partial charge in [-0.2, -0.15) is 0 Å². The molecule has 288 valence electrons. The Bertz CT molecular complexity index is 1740. The van der Waals surface area contributed by atoms with E-state index < -0.39 is 132 Å². The molecule has 2 saturated carbocycles. The number of Topliss-reactive ketones (excluding diaryl/α,β-unsaturated/α-hetero) is 1. The van der Waals surface area contributed by atoms with E-state index >= 15 is 4.79 Å². The molecular formula is C36H43NO16. The Morgan fingerprint density at radius 2 is 1.43 bits per heavy atom. The monoisotopic (exact) mass is 745 g/mol. The van der Waals surface area contributed by atoms with E-state index in [9.17, 15) is 33.6 Å². The average Bonchev–Trinajstić information content (AvgIpc) is 3.29. The number of ketones is 1. The predicted molar refractivity (Wildman–Crippen MR) is 173 cm³/mol. The molecule has 53 heavy (non-hydrogen) atoms. The fraction of sp³-hybridized carbons (Fsp3) is 0.639. The topological polar surface area (TPSA) is 223 Å². The van der Waals surface area contributed by atoms with Crippen molar-refractivity contribution in [2.75, 3.05) is 13.2 Å². The van der Waals surface area contributed by atoms with Crippen molar-refractivity contribution in [3.05, 3.63) is 29.6 Å². The van der Waals surface area contributed by atoms with E-state index in [1.807, 2.05) is 0 Å². The van der Waals surface area contributed by atoms with Crippen molar-refractivity contribution in [1.29, 1.82) is 0 Å². The molecule has 1 aromatic rings. The van der Waals surface area contributed by atoms with Crippen LogP contribution < -0.4 is 0 Å². The van der Waals surface area contributed by atoms with E-state index in [2.05, 4.69) is 4.98 Å². The molecule has 3 fully saturated rings. The molecule has 4 bridgehead atoms. The quantitative estimate of drug-likeness (QED) is 0.298. The van der Waals surface area contributed by atoms with Gasteiger partial charge in [-0.05, 0) is 19.1 Å². The molecule has 12 atom stereocenters. The summed E-state index contributed by atoms with van der Waals surface area (Å²) >= 11 is 0. The summed E-state index contributed by atoms with van der Waals surface area (Å²) in [5.41, 5.74) is -6.33. The molecule has 1 spiro atoms. The van der Waals surface area contributed by atoms with E-state index in [0.29, 0.717) is 0 Å². The van der Waals surface area contributed by atoms with Crippen molar-refractivity contribution in [3.8, 4) is 0 Å². The number of hydrogen-bond donors (Lipinski definition) is 0. The van der Waals surface area contributed by atoms with E-state index in [0.717, 1.165) is 34.6 Å². The smallest absolute Gasteiger partial charge is 0.340 e. The van der Waals surface area contributed by atoms with Gasteiger partial charge in [0, 0.05) is 52.7 Å². The Kier molecular flexibility index (Phi) is 10.5. The summed E-state index contributed by atoms with van der Waals surface area (Å²) in [7, 11) is 0. The zero-order valence-electron chi connectivity index (χ0n) is 30.8. The molecule has 4 aliphatic rings. The van der Waals surface area contributed by atoms with Crippen LogP contribution in [0.2, 0.25) is 0 Å². The Balaban J connectivity index is 1.93. The van der Waals surface area contributed by atoms with Crippen LogP contribution in [-0.2, 0) is 71.5 Å². The first-order valence-corrected chi connectivity index (χ1v) is 17.1. The minimum Gasteiger partial charge on any atom is -0.465 e. The third-order valence-corrected chi connectivity index (χ3v) is 10.9. The van der Waals surface area contributed by atoms with Gasteiger partial charge in [0.15, 0.2) is 24.1 Å². The van der Waals surface area contributed by atoms with Crippen molar-refractivity contribution in [2.24, 2.45) is 23.2 Å². The summed E-state index contributed by atoms with van der Waals surface area (Å²) < 4.78 is 48.0. The lowest BCUT2D eigenvalue weighted by atomic mass is 9.46. The maximum atomic E-state index is 15.0. The number of cyclic esters (lactones) is 1. The van der Waals surface area contributed by atoms with E-state index in [-0.39, 0.29) is 11.3 Å². The second-order valence-corrected chi connectivity index (χ2v) is 14.3. The Morgan fingerprint density at radius 1 is 0.830 bits per heavy atom. The van der Waals surface area contributed by atoms with Gasteiger partial charge in [-0.15, -0.1) is 0 Å². The van der Waals surface area contributed by atoms with Crippen LogP contribution in [0.1, 0.15) is 84.3 Å². The molecule has 1 aromatic heterocycles. The van der Waals surface area contributed by atoms with Gasteiger partial charge in [-0.1, -0.05) is 20.8 Å². The van der Waals surface area contributed by atoms with E-state index in [4.69, 9.17) is 37.9 Å². The van der Waals surface area contributed by atoms with Crippen molar-refractivity contribution in [2.45, 2.75) is 110 Å². The molecule has 2 aliphatic carbocycles. The number of fused-ring (bicyclic) bond motifs is 5. The van der Waals surface area contributed by atoms with Gasteiger partial charge >= 0.3 is 41.8 Å². The summed E-state index contributed by atoms with van der Waals surface area (Å²) in [6.07, 6.45) is -7.54. The molecule has 17 heteroatoms. The summed E-state index contributed by atoms with van der Waals surface area (Å²) in [6, 6.07) is 2.95. The average molecular weight is 746 g/mol. The molecular weight excluding hydrogens is 702 g/mol. The number of carbonyl (C=O) groups excluding carboxylic acids is 8. The second kappa shape index (κ2) is 14.1. The maximum Gasteiger partial charge on any atom is 0.340 e. The molecule has 17 nitrogen and oxygen atoms in total. The zero-order chi connectivity index (χ0) is 39.4. The summed E-state index contributed by atoms with van der Waals surface area (Å²) in [6.45, 7) is 9.69. The van der Waals surface area contributed by atoms with Gasteiger partial charge in [0.05, 0.1) is 23.1 Å². The van der Waals surface area contributed by atoms with Gasteiger partial charge in [0.2, 0.25) is 0 Å². The molecule has 0 N–H and O–H groups in total. The SMILES string of the molecule is CC(=O)OC[C@@]12[C@H](OC(C)=O)C(=O)C3[C@@H](OC(C)=O)[C@@]14O[C@]3(C)COC(=O)c1cccnc1[C@@H](C)[C@H](C)C(=O)O[C@@H]([C@@H](OC(C)=O)[C@H]2OC(C)=O)[C@H]4C. The molecule has 0 amide bonds. The lowest BCUT2D eigenvalue weighted by molar-refractivity contribution is -0.336. The van der Waals surface area contributed by atoms with Crippen LogP contribution in [0.3, 0.4) is 0 Å². The van der Waals surface area contributed by atoms with Crippen LogP contribution in [0, 0.1) is 23.2 Å². The summed E-state index contributed by atoms with van der Waals surface area (Å²) in [5.74, 6) is -12.1. The molecule has 1 saturated heterocycles. The number of esters is 7. The van der Waals surface area contributed by atoms with Gasteiger partial charge in [0.25, 0.3) is 0 Å². The lowest BCUT2D eigenvalue weighted by Crippen LogP contribution is -2.83. The first kappa shape index (κ1) is 39.3. The highest BCUT2D eigenvalue weighted by Gasteiger charge is 2.88. The predicted octanol–water partition coefficient (Wildman–Crippen LogP) is 1.56. The lowest BCUT2D eigenvalue weighted by Gasteiger charge is -2.64. The Labute approximate surface area is 304 Å². The second-order valence-electron chi connectivity index (χ2n) is 14.3. The van der Waals surface area contributed by atoms with E-state index in [1.54, 1.807) is 6.92 Å². The van der Waals surface area contributed by atoms with Crippen molar-refractivity contribution in [3.63, 3.8) is 0 Å². The minimum atomic E-state index is -2.37. The zero-order valence-corrected chi connectivity index (χ0v) is 30.8. The Hall–Kier alpha value is -4.93. The minimum absolute atomic E-state index is 0.00516. The van der Waals surface area contributed by atoms with Crippen molar-refractivity contribution < 1.29 is 76.3 Å². The van der Waals surface area contributed by atoms with Crippen LogP contribution in [0.4, 0.5) is 0 Å². The number of carbonyl (C=O) groups is 8. The number of ether oxygens (including phenoxy) is 8. The fourth-order valence-corrected chi connectivity index (χ4v) is 8.69. The third kappa shape index (κ3) is 6.31. The first-order chi connectivity index (χ1) is 24.7. The first-order valence-electron chi connectivity index (χ1n) is 17.1. The van der Waals surface area contributed by atoms with Crippen molar-refractivity contribution >= 4 is 47.6 Å². The number of pyridine rings is 1. The highest BCUT2D eigenvalue weighted by Crippen LogP contribution is 2.67. The van der Waals surface area contributed by atoms with Crippen LogP contribution in [0.5, 0.6) is 0 Å². The number of aromatic nitrogens is 1. The van der Waals surface area contributed by atoms with E-state index in [1.165, 1.54) is 39.1 Å². The maximum absolute atomic E-state index is 15.0. The van der Waals surface area contributed by atoms with Gasteiger partial charge in [0.1, 0.15) is 42.0 Å². The standard InChI is InChI=1S/C36H43NO16/c1-15-16(2)32(44)52-27-17(3)36-29(49-20(6)40)24(34(9,53-36)13-47-33(45)23-11-10-12-37-25(15)23)26(43)30(50-21(7)41)35(36,14-46-18(4)38)31(51-22(8)42)28(27)48-19(5)39/h10-12,15-17,24,27-31H,13-14H2,1-9H3/t15-,16-,17+,24?,27+,28+,29+,30+,31+,34+,35-,36+/m0/s1. The largest absolute Gasteiger partial charge is 0.465 e. The normalized spacial score (nSPS) is 37.5. The summed E-state index contributed by atoms with van der Waals surface area (Å²) in [5, 5.41) is 0. The van der Waals surface area contributed by atoms with Crippen LogP contribution in [0.15, 0.2) is 18.3 Å². The third-order valence-electron chi connectivity index (χ3n) is 10.9. The van der Waals surface area contributed by atoms with Crippen LogP contribution in [0.25, 0.3) is 0 Å². The van der Waals surface area contributed by atoms with Gasteiger partial charge in [-0.25, -0.2) is 4.79 Å². The number of nitrogens with zero attached hydrogens (tertiary/aromatic N) is 1. The van der Waals surface area contributed by atoms with Crippen molar-refractivity contribution in [1.82, 2.24) is 4.98 Å². The summed E-state index contributed by atoms with van der Waals surface area (Å²) in [4.78, 5) is 112. The Morgan fingerprint density at radius 3 is 2.02 bits per heavy atom. The van der Waals surface area contributed by atoms with Crippen LogP contribution >= 0.6 is 0 Å². The molecule has 3 heterocycles. The molecule has 1 unspecified atom stereocenters. The van der Waals surface area contributed by atoms with Crippen LogP contribution in [-0.4, -0.2) is 107 Å². The molecule has 2 aliphatic heterocycles. The highest BCUT2D eigenvalue weighted by atomic mass is 16.7. The molecule has 0 radical (unpaired) electrons. The fourth-order valence-electron chi connectivity index (χ4n) is 8.69. The molecule has 0 aromatic carbocycles.